The van der Waals surface area contributed by atoms with E-state index in [2.05, 4.69) is 15.1 Å². The second-order valence-corrected chi connectivity index (χ2v) is 2.24. The summed E-state index contributed by atoms with van der Waals surface area (Å²) in [4.78, 5) is 8.13. The molecule has 2 aromatic heterocycles. The summed E-state index contributed by atoms with van der Waals surface area (Å²) in [5, 5.41) is 4.08. The third-order valence-electron chi connectivity index (χ3n) is 1.58. The smallest absolute Gasteiger partial charge is 0.158 e. The quantitative estimate of drug-likeness (QED) is 0.597. The van der Waals surface area contributed by atoms with Crippen LogP contribution in [0, 0.1) is 0 Å². The van der Waals surface area contributed by atoms with Gasteiger partial charge in [0.2, 0.25) is 0 Å². The summed E-state index contributed by atoms with van der Waals surface area (Å²) >= 11 is 0. The van der Waals surface area contributed by atoms with Crippen LogP contribution in [-0.2, 0) is 6.42 Å². The Kier molecular flexibility index (Phi) is 1.31. The van der Waals surface area contributed by atoms with Gasteiger partial charge in [-0.3, -0.25) is 0 Å². The minimum absolute atomic E-state index is 0.858. The van der Waals surface area contributed by atoms with Gasteiger partial charge in [-0.25, -0.2) is 14.5 Å². The van der Waals surface area contributed by atoms with Crippen molar-refractivity contribution >= 4 is 5.65 Å². The van der Waals surface area contributed by atoms with E-state index in [1.807, 2.05) is 13.0 Å². The van der Waals surface area contributed by atoms with E-state index < -0.39 is 0 Å². The molecule has 0 saturated heterocycles. The lowest BCUT2D eigenvalue weighted by Crippen LogP contribution is -2.01. The van der Waals surface area contributed by atoms with Gasteiger partial charge in [0.15, 0.2) is 5.65 Å². The summed E-state index contributed by atoms with van der Waals surface area (Å²) in [7, 11) is 0. The first-order valence-electron chi connectivity index (χ1n) is 3.55. The lowest BCUT2D eigenvalue weighted by molar-refractivity contribution is 0.791. The number of fused-ring (bicyclic) bond motifs is 1. The first kappa shape index (κ1) is 6.27. The van der Waals surface area contributed by atoms with Crippen LogP contribution in [0.25, 0.3) is 5.65 Å². The molecule has 0 fully saturated rings. The molecule has 0 radical (unpaired) electrons. The van der Waals surface area contributed by atoms with Gasteiger partial charge in [-0.2, -0.15) is 5.10 Å². The number of rotatable bonds is 1. The maximum Gasteiger partial charge on any atom is 0.158 e. The molecular formula is C7H8N4. The minimum Gasteiger partial charge on any atom is -0.221 e. The van der Waals surface area contributed by atoms with Crippen molar-refractivity contribution in [2.24, 2.45) is 0 Å². The molecule has 56 valence electrons. The van der Waals surface area contributed by atoms with E-state index in [9.17, 15) is 0 Å². The van der Waals surface area contributed by atoms with Crippen LogP contribution < -0.4 is 0 Å². The van der Waals surface area contributed by atoms with Gasteiger partial charge in [0.1, 0.15) is 12.2 Å². The molecule has 4 nitrogen and oxygen atoms in total. The van der Waals surface area contributed by atoms with E-state index in [1.165, 1.54) is 0 Å². The van der Waals surface area contributed by atoms with Crippen LogP contribution >= 0.6 is 0 Å². The highest BCUT2D eigenvalue weighted by atomic mass is 15.3. The first-order valence-corrected chi connectivity index (χ1v) is 3.55. The Hall–Kier alpha value is -1.45. The Labute approximate surface area is 63.9 Å². The molecule has 0 spiro atoms. The minimum atomic E-state index is 0.858. The fraction of sp³-hybridized carbons (Fsp3) is 0.286. The normalized spacial score (nSPS) is 10.6. The molecule has 2 heterocycles. The van der Waals surface area contributed by atoms with E-state index in [-0.39, 0.29) is 0 Å². The SMILES string of the molecule is CCc1ncnc2ccnn12. The Morgan fingerprint density at radius 3 is 3.18 bits per heavy atom. The molecule has 0 bridgehead atoms. The molecule has 4 heteroatoms. The van der Waals surface area contributed by atoms with Gasteiger partial charge in [0.25, 0.3) is 0 Å². The summed E-state index contributed by atoms with van der Waals surface area (Å²) in [5.74, 6) is 0.944. The summed E-state index contributed by atoms with van der Waals surface area (Å²) in [6, 6.07) is 1.86. The molecule has 0 atom stereocenters. The van der Waals surface area contributed by atoms with E-state index in [1.54, 1.807) is 17.0 Å². The van der Waals surface area contributed by atoms with Crippen molar-refractivity contribution in [3.8, 4) is 0 Å². The van der Waals surface area contributed by atoms with Gasteiger partial charge in [-0.1, -0.05) is 6.92 Å². The zero-order valence-corrected chi connectivity index (χ0v) is 6.23. The zero-order valence-electron chi connectivity index (χ0n) is 6.23. The highest BCUT2D eigenvalue weighted by Gasteiger charge is 1.98. The molecule has 2 aromatic rings. The van der Waals surface area contributed by atoms with Crippen LogP contribution in [0.2, 0.25) is 0 Å². The Bertz CT molecular complexity index is 365. The Morgan fingerprint density at radius 2 is 2.36 bits per heavy atom. The third kappa shape index (κ3) is 0.869. The largest absolute Gasteiger partial charge is 0.221 e. The average molecular weight is 148 g/mol. The summed E-state index contributed by atoms with van der Waals surface area (Å²) in [6.07, 6.45) is 4.17. The monoisotopic (exact) mass is 148 g/mol. The van der Waals surface area contributed by atoms with Crippen molar-refractivity contribution in [3.05, 3.63) is 24.4 Å². The van der Waals surface area contributed by atoms with E-state index in [4.69, 9.17) is 0 Å². The maximum absolute atomic E-state index is 4.09. The summed E-state index contributed by atoms with van der Waals surface area (Å²) < 4.78 is 1.75. The second kappa shape index (κ2) is 2.30. The zero-order chi connectivity index (χ0) is 7.68. The molecule has 0 unspecified atom stereocenters. The van der Waals surface area contributed by atoms with Gasteiger partial charge < -0.3 is 0 Å². The van der Waals surface area contributed by atoms with Crippen molar-refractivity contribution in [1.82, 2.24) is 19.6 Å². The molecule has 0 aliphatic rings. The molecule has 0 aromatic carbocycles. The second-order valence-electron chi connectivity index (χ2n) is 2.24. The average Bonchev–Trinajstić information content (AvgIpc) is 2.50. The first-order chi connectivity index (χ1) is 5.42. The van der Waals surface area contributed by atoms with Crippen molar-refractivity contribution in [1.29, 1.82) is 0 Å². The molecular weight excluding hydrogens is 140 g/mol. The van der Waals surface area contributed by atoms with Crippen LogP contribution in [0.5, 0.6) is 0 Å². The molecule has 0 N–H and O–H groups in total. The Balaban J connectivity index is 2.79. The number of aryl methyl sites for hydroxylation is 1. The fourth-order valence-electron chi connectivity index (χ4n) is 1.04. The maximum atomic E-state index is 4.09. The molecule has 2 rings (SSSR count). The standard InChI is InChI=1S/C7H8N4/c1-2-6-8-5-9-7-3-4-10-11(6)7/h3-5H,2H2,1H3. The van der Waals surface area contributed by atoms with Crippen LogP contribution in [0.15, 0.2) is 18.6 Å². The van der Waals surface area contributed by atoms with E-state index >= 15 is 0 Å². The van der Waals surface area contributed by atoms with Gasteiger partial charge >= 0.3 is 0 Å². The third-order valence-corrected chi connectivity index (χ3v) is 1.58. The van der Waals surface area contributed by atoms with Crippen LogP contribution in [-0.4, -0.2) is 19.6 Å². The van der Waals surface area contributed by atoms with Gasteiger partial charge in [0, 0.05) is 12.5 Å². The molecule has 0 saturated carbocycles. The fourth-order valence-corrected chi connectivity index (χ4v) is 1.04. The van der Waals surface area contributed by atoms with Crippen molar-refractivity contribution in [3.63, 3.8) is 0 Å². The van der Waals surface area contributed by atoms with Crippen LogP contribution in [0.3, 0.4) is 0 Å². The highest BCUT2D eigenvalue weighted by Crippen LogP contribution is 1.99. The number of hydrogen-bond donors (Lipinski definition) is 0. The summed E-state index contributed by atoms with van der Waals surface area (Å²) in [5.41, 5.74) is 0.858. The molecule has 0 amide bonds. The number of nitrogens with zero attached hydrogens (tertiary/aromatic N) is 4. The van der Waals surface area contributed by atoms with Crippen molar-refractivity contribution in [2.45, 2.75) is 13.3 Å². The van der Waals surface area contributed by atoms with Crippen molar-refractivity contribution < 1.29 is 0 Å². The highest BCUT2D eigenvalue weighted by molar-refractivity contribution is 5.34. The summed E-state index contributed by atoms with van der Waals surface area (Å²) in [6.45, 7) is 2.05. The van der Waals surface area contributed by atoms with Crippen LogP contribution in [0.4, 0.5) is 0 Å². The number of hydrogen-bond acceptors (Lipinski definition) is 3. The lowest BCUT2D eigenvalue weighted by Gasteiger charge is -1.97. The van der Waals surface area contributed by atoms with E-state index in [0.717, 1.165) is 17.9 Å². The van der Waals surface area contributed by atoms with Crippen LogP contribution in [0.1, 0.15) is 12.7 Å². The lowest BCUT2D eigenvalue weighted by atomic mass is 10.4. The number of aromatic nitrogens is 4. The predicted octanol–water partition coefficient (Wildman–Crippen LogP) is 0.687. The van der Waals surface area contributed by atoms with Gasteiger partial charge in [0.05, 0.1) is 6.20 Å². The molecule has 0 aliphatic heterocycles. The Morgan fingerprint density at radius 1 is 1.45 bits per heavy atom. The van der Waals surface area contributed by atoms with Gasteiger partial charge in [-0.15, -0.1) is 0 Å². The molecule has 11 heavy (non-hydrogen) atoms. The predicted molar refractivity (Wildman–Crippen MR) is 40.2 cm³/mol. The topological polar surface area (TPSA) is 43.1 Å². The molecule has 0 aliphatic carbocycles. The van der Waals surface area contributed by atoms with E-state index in [0.29, 0.717) is 0 Å². The van der Waals surface area contributed by atoms with Crippen molar-refractivity contribution in [2.75, 3.05) is 0 Å². The van der Waals surface area contributed by atoms with Gasteiger partial charge in [-0.05, 0) is 0 Å².